The molecule has 1 aromatic rings. The van der Waals surface area contributed by atoms with Crippen molar-refractivity contribution >= 4 is 34.0 Å². The predicted molar refractivity (Wildman–Crippen MR) is 76.4 cm³/mol. The van der Waals surface area contributed by atoms with Crippen LogP contribution in [0.3, 0.4) is 0 Å². The lowest BCUT2D eigenvalue weighted by Gasteiger charge is -2.17. The van der Waals surface area contributed by atoms with Crippen molar-refractivity contribution in [1.29, 1.82) is 0 Å². The van der Waals surface area contributed by atoms with Gasteiger partial charge >= 0.3 is 0 Å². The Labute approximate surface area is 114 Å². The second kappa shape index (κ2) is 4.00. The van der Waals surface area contributed by atoms with Crippen LogP contribution in [0.5, 0.6) is 0 Å². The van der Waals surface area contributed by atoms with Gasteiger partial charge in [0.2, 0.25) is 0 Å². The molecule has 0 amide bonds. The highest BCUT2D eigenvalue weighted by Crippen LogP contribution is 2.61. The molecule has 2 nitrogen and oxygen atoms in total. The van der Waals surface area contributed by atoms with E-state index in [1.54, 1.807) is 6.07 Å². The predicted octanol–water partition coefficient (Wildman–Crippen LogP) is 3.61. The summed E-state index contributed by atoms with van der Waals surface area (Å²) in [4.78, 5) is 0. The second-order valence-corrected chi connectivity index (χ2v) is 6.51. The van der Waals surface area contributed by atoms with E-state index >= 15 is 0 Å². The Morgan fingerprint density at radius 1 is 1.41 bits per heavy atom. The molecular formula is C13H16FIN2. The molecule has 2 fully saturated rings. The molecule has 0 unspecified atom stereocenters. The molecule has 0 atom stereocenters. The summed E-state index contributed by atoms with van der Waals surface area (Å²) in [7, 11) is 0. The summed E-state index contributed by atoms with van der Waals surface area (Å²) in [6, 6.07) is 3.20. The number of nitrogen functional groups attached to an aromatic ring is 1. The van der Waals surface area contributed by atoms with Crippen LogP contribution in [0.1, 0.15) is 25.7 Å². The van der Waals surface area contributed by atoms with Gasteiger partial charge in [0, 0.05) is 12.6 Å². The first-order valence-corrected chi connectivity index (χ1v) is 7.17. The quantitative estimate of drug-likeness (QED) is 0.646. The first-order valence-electron chi connectivity index (χ1n) is 6.09. The van der Waals surface area contributed by atoms with Gasteiger partial charge in [0.05, 0.1) is 14.9 Å². The van der Waals surface area contributed by atoms with E-state index in [1.165, 1.54) is 31.7 Å². The fourth-order valence-corrected chi connectivity index (χ4v) is 3.06. The van der Waals surface area contributed by atoms with Gasteiger partial charge in [0.1, 0.15) is 5.82 Å². The second-order valence-electron chi connectivity index (χ2n) is 5.34. The molecule has 0 bridgehead atoms. The van der Waals surface area contributed by atoms with Crippen LogP contribution in [-0.4, -0.2) is 6.54 Å². The smallest absolute Gasteiger partial charge is 0.138 e. The number of hydrogen-bond donors (Lipinski definition) is 2. The van der Waals surface area contributed by atoms with Crippen molar-refractivity contribution in [2.75, 3.05) is 17.6 Å². The minimum absolute atomic E-state index is 0.196. The zero-order valence-electron chi connectivity index (χ0n) is 9.60. The number of nitrogens with one attached hydrogen (secondary N) is 1. The molecule has 3 rings (SSSR count). The highest BCUT2D eigenvalue weighted by atomic mass is 127. The summed E-state index contributed by atoms with van der Waals surface area (Å²) in [6.45, 7) is 0.946. The van der Waals surface area contributed by atoms with E-state index in [4.69, 9.17) is 5.73 Å². The third-order valence-corrected chi connectivity index (χ3v) is 4.89. The van der Waals surface area contributed by atoms with E-state index in [1.807, 2.05) is 22.6 Å². The van der Waals surface area contributed by atoms with Crippen molar-refractivity contribution in [2.24, 2.45) is 11.3 Å². The number of anilines is 2. The molecule has 0 aromatic heterocycles. The van der Waals surface area contributed by atoms with Gasteiger partial charge in [-0.25, -0.2) is 4.39 Å². The van der Waals surface area contributed by atoms with Gasteiger partial charge in [-0.2, -0.15) is 0 Å². The summed E-state index contributed by atoms with van der Waals surface area (Å²) in [6.07, 6.45) is 5.38. The van der Waals surface area contributed by atoms with E-state index in [0.29, 0.717) is 14.7 Å². The summed E-state index contributed by atoms with van der Waals surface area (Å²) in [5.41, 5.74) is 7.79. The number of halogens is 2. The van der Waals surface area contributed by atoms with Crippen LogP contribution in [0.2, 0.25) is 0 Å². The van der Waals surface area contributed by atoms with Crippen molar-refractivity contribution in [1.82, 2.24) is 0 Å². The lowest BCUT2D eigenvalue weighted by molar-refractivity contribution is 0.467. The van der Waals surface area contributed by atoms with E-state index < -0.39 is 0 Å². The standard InChI is InChI=1S/C13H16FIN2/c14-9-5-12(11(16)6-10(9)15)17-7-13(3-4-13)8-1-2-8/h5-6,8,17H,1-4,7,16H2. The molecule has 0 spiro atoms. The molecular weight excluding hydrogens is 330 g/mol. The van der Waals surface area contributed by atoms with E-state index in [9.17, 15) is 4.39 Å². The van der Waals surface area contributed by atoms with E-state index in [0.717, 1.165) is 18.2 Å². The van der Waals surface area contributed by atoms with Crippen molar-refractivity contribution < 1.29 is 4.39 Å². The normalized spacial score (nSPS) is 21.3. The maximum Gasteiger partial charge on any atom is 0.138 e. The summed E-state index contributed by atoms with van der Waals surface area (Å²) in [5.74, 6) is 0.712. The minimum Gasteiger partial charge on any atom is -0.397 e. The van der Waals surface area contributed by atoms with Crippen LogP contribution in [-0.2, 0) is 0 Å². The molecule has 0 heterocycles. The third kappa shape index (κ3) is 2.23. The van der Waals surface area contributed by atoms with Crippen molar-refractivity contribution in [2.45, 2.75) is 25.7 Å². The largest absolute Gasteiger partial charge is 0.397 e. The maximum absolute atomic E-state index is 13.5. The zero-order valence-corrected chi connectivity index (χ0v) is 11.8. The Bertz CT molecular complexity index is 453. The van der Waals surface area contributed by atoms with Gasteiger partial charge < -0.3 is 11.1 Å². The number of hydrogen-bond acceptors (Lipinski definition) is 2. The Morgan fingerprint density at radius 3 is 2.71 bits per heavy atom. The summed E-state index contributed by atoms with van der Waals surface area (Å²) in [5, 5.41) is 3.34. The lowest BCUT2D eigenvalue weighted by atomic mass is 10.0. The van der Waals surface area contributed by atoms with Gasteiger partial charge in [0.25, 0.3) is 0 Å². The summed E-state index contributed by atoms with van der Waals surface area (Å²) < 4.78 is 14.0. The van der Waals surface area contributed by atoms with Crippen LogP contribution < -0.4 is 11.1 Å². The fourth-order valence-electron chi connectivity index (χ4n) is 2.57. The minimum atomic E-state index is -0.196. The van der Waals surface area contributed by atoms with Crippen LogP contribution in [0, 0.1) is 20.7 Å². The molecule has 0 aliphatic heterocycles. The van der Waals surface area contributed by atoms with Crippen molar-refractivity contribution in [3.63, 3.8) is 0 Å². The molecule has 17 heavy (non-hydrogen) atoms. The molecule has 2 aliphatic rings. The average Bonchev–Trinajstić information content (AvgIpc) is 3.14. The summed E-state index contributed by atoms with van der Waals surface area (Å²) >= 11 is 1.96. The van der Waals surface area contributed by atoms with Gasteiger partial charge in [-0.1, -0.05) is 0 Å². The SMILES string of the molecule is Nc1cc(I)c(F)cc1NCC1(C2CC2)CC1. The molecule has 0 radical (unpaired) electrons. The monoisotopic (exact) mass is 346 g/mol. The number of rotatable bonds is 4. The van der Waals surface area contributed by atoms with Crippen LogP contribution >= 0.6 is 22.6 Å². The first kappa shape index (κ1) is 11.6. The zero-order chi connectivity index (χ0) is 12.0. The molecule has 0 saturated heterocycles. The van der Waals surface area contributed by atoms with Crippen molar-refractivity contribution in [3.8, 4) is 0 Å². The Balaban J connectivity index is 1.70. The third-order valence-electron chi connectivity index (χ3n) is 4.06. The van der Waals surface area contributed by atoms with Gasteiger partial charge in [-0.15, -0.1) is 0 Å². The Hall–Kier alpha value is -0.520. The van der Waals surface area contributed by atoms with Crippen LogP contribution in [0.4, 0.5) is 15.8 Å². The molecule has 1 aromatic carbocycles. The van der Waals surface area contributed by atoms with Crippen molar-refractivity contribution in [3.05, 3.63) is 21.5 Å². The average molecular weight is 346 g/mol. The lowest BCUT2D eigenvalue weighted by Crippen LogP contribution is -2.18. The number of benzene rings is 1. The first-order chi connectivity index (χ1) is 8.11. The van der Waals surface area contributed by atoms with E-state index in [-0.39, 0.29) is 5.82 Å². The van der Waals surface area contributed by atoms with E-state index in [2.05, 4.69) is 5.32 Å². The Kier molecular flexibility index (Phi) is 2.72. The molecule has 2 aliphatic carbocycles. The topological polar surface area (TPSA) is 38.0 Å². The maximum atomic E-state index is 13.5. The molecule has 4 heteroatoms. The Morgan fingerprint density at radius 2 is 2.12 bits per heavy atom. The van der Waals surface area contributed by atoms with Gasteiger partial charge in [-0.05, 0) is 65.7 Å². The highest BCUT2D eigenvalue weighted by molar-refractivity contribution is 14.1. The van der Waals surface area contributed by atoms with Crippen LogP contribution in [0.25, 0.3) is 0 Å². The number of nitrogens with two attached hydrogens (primary N) is 1. The van der Waals surface area contributed by atoms with Crippen LogP contribution in [0.15, 0.2) is 12.1 Å². The van der Waals surface area contributed by atoms with Gasteiger partial charge in [0.15, 0.2) is 0 Å². The van der Waals surface area contributed by atoms with Gasteiger partial charge in [-0.3, -0.25) is 0 Å². The molecule has 3 N–H and O–H groups in total. The molecule has 2 saturated carbocycles. The highest BCUT2D eigenvalue weighted by Gasteiger charge is 2.53. The molecule has 92 valence electrons. The fraction of sp³-hybridized carbons (Fsp3) is 0.538.